The third kappa shape index (κ3) is 95.5. The molecule has 20 heteroatoms. The van der Waals surface area contributed by atoms with E-state index in [1.165, 1.54) is 23.5 Å². The number of carbonyl (C=O) groups excluding carboxylic acids is 9. The predicted octanol–water partition coefficient (Wildman–Crippen LogP) is 24.4. The van der Waals surface area contributed by atoms with Crippen LogP contribution in [0.5, 0.6) is 0 Å². The molecule has 0 heterocycles. The van der Waals surface area contributed by atoms with Crippen LogP contribution in [0.25, 0.3) is 0 Å². The highest BCUT2D eigenvalue weighted by Gasteiger charge is 2.30. The molecule has 0 aliphatic rings. The maximum absolute atomic E-state index is 11.5. The average Bonchev–Trinajstić information content (AvgIpc) is 0.898. The van der Waals surface area contributed by atoms with Gasteiger partial charge in [0.05, 0.1) is 27.1 Å². The molecule has 0 rings (SSSR count). The zero-order valence-electron chi connectivity index (χ0n) is 76.8. The van der Waals surface area contributed by atoms with Gasteiger partial charge >= 0.3 is 11.9 Å². The molecular weight excluding hydrogens is 1430 g/mol. The molecule has 2 N–H and O–H groups in total. The first-order valence-electron chi connectivity index (χ1n) is 37.6. The van der Waals surface area contributed by atoms with Gasteiger partial charge in [-0.25, -0.2) is 0 Å². The number of amides is 1. The van der Waals surface area contributed by atoms with E-state index in [0.29, 0.717) is 66.1 Å². The Morgan fingerprint density at radius 2 is 0.714 bits per heavy atom. The zero-order chi connectivity index (χ0) is 87.0. The number of thiocarbonyl (C=S) groups is 3. The Kier molecular flexibility index (Phi) is 61.3. The molecule has 0 saturated carbocycles. The summed E-state index contributed by atoms with van der Waals surface area (Å²) in [5, 5.41) is 7.58. The lowest BCUT2D eigenvalue weighted by atomic mass is 9.87. The maximum Gasteiger partial charge on any atom is 0.311 e. The Bertz CT molecular complexity index is 2290. The van der Waals surface area contributed by atoms with E-state index < -0.39 is 5.41 Å². The second-order valence-electron chi connectivity index (χ2n) is 40.5. The molecule has 1 amide bonds. The summed E-state index contributed by atoms with van der Waals surface area (Å²) in [6.07, 6.45) is 2.51. The summed E-state index contributed by atoms with van der Waals surface area (Å²) >= 11 is 19.8. The van der Waals surface area contributed by atoms with Crippen molar-refractivity contribution in [3.8, 4) is 0 Å². The summed E-state index contributed by atoms with van der Waals surface area (Å²) in [6, 6.07) is 0. The van der Waals surface area contributed by atoms with Gasteiger partial charge in [0.1, 0.15) is 34.3 Å². The van der Waals surface area contributed by atoms with Gasteiger partial charge in [-0.1, -0.05) is 263 Å². The third-order valence-corrected chi connectivity index (χ3v) is 17.1. The van der Waals surface area contributed by atoms with Crippen LogP contribution in [-0.2, 0) is 57.4 Å². The molecule has 105 heavy (non-hydrogen) atoms. The van der Waals surface area contributed by atoms with Crippen molar-refractivity contribution in [2.24, 2.45) is 56.2 Å². The first-order valence-corrected chi connectivity index (χ1v) is 41.4. The minimum atomic E-state index is -0.396. The fourth-order valence-corrected chi connectivity index (χ4v) is 9.51. The summed E-state index contributed by atoms with van der Waals surface area (Å²) in [5.41, 5.74) is -2.39. The Balaban J connectivity index is -0.000000142. The highest BCUT2D eigenvalue weighted by Crippen LogP contribution is 2.32. The summed E-state index contributed by atoms with van der Waals surface area (Å²) < 4.78 is 17.0. The van der Waals surface area contributed by atoms with Crippen LogP contribution in [0.1, 0.15) is 377 Å². The molecule has 0 fully saturated rings. The molecule has 0 aliphatic heterocycles. The third-order valence-electron chi connectivity index (χ3n) is 11.6. The van der Waals surface area contributed by atoms with Crippen molar-refractivity contribution in [1.82, 2.24) is 10.6 Å². The number of Topliss-reactive ketones (excluding diaryl/α,β-unsaturated/α-hetero) is 4. The summed E-state index contributed by atoms with van der Waals surface area (Å²) in [7, 11) is 0. The van der Waals surface area contributed by atoms with Gasteiger partial charge < -0.3 is 24.8 Å². The Morgan fingerprint density at radius 1 is 0.371 bits per heavy atom. The van der Waals surface area contributed by atoms with Gasteiger partial charge in [0.25, 0.3) is 0 Å². The lowest BCUT2D eigenvalue weighted by Crippen LogP contribution is -2.46. The molecule has 0 spiro atoms. The van der Waals surface area contributed by atoms with Gasteiger partial charge in [0, 0.05) is 103 Å². The standard InChI is InChI=1S/C12H22O2.C11H20O3.C11H20O2S.C9H19NO.C9H18O2.C9H18OS.C8H17NS.C8H16OS.C8H16S2/c1-9(2)8-10(13)6-7-11(14)12(3,4)5;2*1-8(2)14-10(13)7-6-9(12)11(3,4)5;1-8(2,3)7(11)10-9(4,5)6;2*1-8(2,3)7(10)11-9(4,5)6;2*1-6(2)7(10)9-8(3,4)5;1-6(2)7(9)10-8(3,4)5/h9H,6-8H2,1-5H3;2*8H,6-7H2,1-5H3;1-6H3,(H,10,11);2*1-6H3;6H,1-5H3,(H,9,10);2*6H,1-5H3. The number of hydrogen-bond acceptors (Lipinski definition) is 18. The lowest BCUT2D eigenvalue weighted by molar-refractivity contribution is -0.164. The van der Waals surface area contributed by atoms with Crippen LogP contribution in [0.3, 0.4) is 0 Å². The van der Waals surface area contributed by atoms with E-state index in [0.717, 1.165) is 9.19 Å². The molecule has 14 nitrogen and oxygen atoms in total. The SMILES string of the molecule is CC(C)(C)NC(=O)C(C)(C)C.CC(C)(C)OC(=O)C(C)(C)C.CC(C)(C)SC(=O)C(C)(C)C.CC(C)C(=S)NC(C)(C)C.CC(C)C(=S)OC(C)(C)C.CC(C)C(=S)SC(C)(C)C.CC(C)CC(=O)CCC(=O)C(C)(C)C.CC(C)OC(=O)CCC(=O)C(C)(C)C.CC(C)SC(=O)CCC(=O)C(C)(C)C. The smallest absolute Gasteiger partial charge is 0.311 e. The van der Waals surface area contributed by atoms with Crippen LogP contribution in [-0.4, -0.2) is 109 Å². The highest BCUT2D eigenvalue weighted by molar-refractivity contribution is 8.24. The van der Waals surface area contributed by atoms with Crippen molar-refractivity contribution >= 4 is 137 Å². The molecule has 0 atom stereocenters. The van der Waals surface area contributed by atoms with Crippen LogP contribution >= 0.6 is 71.9 Å². The van der Waals surface area contributed by atoms with Crippen LogP contribution in [0.4, 0.5) is 0 Å². The van der Waals surface area contributed by atoms with Crippen LogP contribution in [0, 0.1) is 56.2 Å². The van der Waals surface area contributed by atoms with Crippen molar-refractivity contribution in [1.29, 1.82) is 0 Å². The Hall–Kier alpha value is -2.65. The molecule has 0 aromatic rings. The Morgan fingerprint density at radius 3 is 0.895 bits per heavy atom. The van der Waals surface area contributed by atoms with E-state index in [1.54, 1.807) is 25.6 Å². The fraction of sp³-hybridized carbons (Fsp3) is 0.859. The van der Waals surface area contributed by atoms with Gasteiger partial charge in [0.2, 0.25) is 5.91 Å². The lowest BCUT2D eigenvalue weighted by Gasteiger charge is -2.26. The second kappa shape index (κ2) is 53.3. The molecule has 0 saturated heterocycles. The summed E-state index contributed by atoms with van der Waals surface area (Å²) in [5.74, 6) is 2.02. The largest absolute Gasteiger partial charge is 0.481 e. The molecular formula is C85H166N2O12S6. The van der Waals surface area contributed by atoms with Crippen LogP contribution in [0.15, 0.2) is 0 Å². The number of rotatable bonds is 16. The quantitative estimate of drug-likeness (QED) is 0.109. The van der Waals surface area contributed by atoms with Gasteiger partial charge in [-0.2, -0.15) is 0 Å². The topological polar surface area (TPSA) is 205 Å². The van der Waals surface area contributed by atoms with Crippen LogP contribution in [0.2, 0.25) is 0 Å². The molecule has 0 aromatic carbocycles. The summed E-state index contributed by atoms with van der Waals surface area (Å²) in [6.45, 7) is 94.8. The molecule has 0 aliphatic carbocycles. The van der Waals surface area contributed by atoms with E-state index >= 15 is 0 Å². The van der Waals surface area contributed by atoms with Crippen molar-refractivity contribution in [3.05, 3.63) is 0 Å². The van der Waals surface area contributed by atoms with Crippen molar-refractivity contribution in [3.63, 3.8) is 0 Å². The number of carbonyl (C=O) groups is 9. The first-order chi connectivity index (χ1) is 45.6. The van der Waals surface area contributed by atoms with E-state index in [2.05, 4.69) is 101 Å². The number of esters is 2. The number of ketones is 4. The van der Waals surface area contributed by atoms with Gasteiger partial charge in [-0.15, -0.1) is 11.8 Å². The first kappa shape index (κ1) is 121. The predicted molar refractivity (Wildman–Crippen MR) is 472 cm³/mol. The summed E-state index contributed by atoms with van der Waals surface area (Å²) in [4.78, 5) is 103. The maximum atomic E-state index is 11.5. The monoisotopic (exact) mass is 1600 g/mol. The highest BCUT2D eigenvalue weighted by atomic mass is 32.2. The van der Waals surface area contributed by atoms with Gasteiger partial charge in [-0.3, -0.25) is 43.2 Å². The normalized spacial score (nSPS) is 12.2. The van der Waals surface area contributed by atoms with E-state index in [1.807, 2.05) is 228 Å². The minimum absolute atomic E-state index is 0.0460. The second-order valence-corrected chi connectivity index (χ2v) is 47.3. The van der Waals surface area contributed by atoms with Gasteiger partial charge in [0.15, 0.2) is 15.3 Å². The number of hydrogen-bond donors (Lipinski definition) is 2. The minimum Gasteiger partial charge on any atom is -0.481 e. The molecule has 0 bridgehead atoms. The molecule has 0 radical (unpaired) electrons. The van der Waals surface area contributed by atoms with Crippen molar-refractivity contribution < 1.29 is 57.4 Å². The van der Waals surface area contributed by atoms with E-state index in [9.17, 15) is 43.2 Å². The number of nitrogens with one attached hydrogen (secondary N) is 2. The number of thioether (sulfide) groups is 3. The Labute approximate surface area is 677 Å². The zero-order valence-corrected chi connectivity index (χ0v) is 81.7. The van der Waals surface area contributed by atoms with E-state index in [4.69, 9.17) is 50.9 Å². The van der Waals surface area contributed by atoms with Crippen molar-refractivity contribution in [2.45, 2.75) is 420 Å². The van der Waals surface area contributed by atoms with Crippen molar-refractivity contribution in [2.75, 3.05) is 0 Å². The van der Waals surface area contributed by atoms with Crippen LogP contribution < -0.4 is 10.6 Å². The molecule has 0 aromatic heterocycles. The van der Waals surface area contributed by atoms with Gasteiger partial charge in [-0.05, 0) is 142 Å². The number of ether oxygens (including phenoxy) is 3. The average molecular weight is 1600 g/mol. The fourth-order valence-electron chi connectivity index (χ4n) is 5.75. The molecule has 0 unspecified atom stereocenters. The van der Waals surface area contributed by atoms with E-state index in [-0.39, 0.29) is 129 Å². The molecule has 624 valence electrons.